The molecule has 7 heteroatoms. The minimum absolute atomic E-state index is 0.202. The number of fused-ring (bicyclic) bond motifs is 1. The molecule has 0 saturated carbocycles. The lowest BCUT2D eigenvalue weighted by Gasteiger charge is -2.01. The maximum Gasteiger partial charge on any atom is 0.285 e. The van der Waals surface area contributed by atoms with Crippen LogP contribution in [0.1, 0.15) is 11.3 Å². The van der Waals surface area contributed by atoms with E-state index < -0.39 is 10.0 Å². The average Bonchev–Trinajstić information content (AvgIpc) is 2.83. The number of nitrogens with one attached hydrogen (secondary N) is 1. The zero-order chi connectivity index (χ0) is 12.8. The first-order valence-corrected chi connectivity index (χ1v) is 6.65. The van der Waals surface area contributed by atoms with Crippen LogP contribution in [0.15, 0.2) is 44.1 Å². The number of nitrogens with zero attached hydrogens (tertiary/aromatic N) is 2. The summed E-state index contributed by atoms with van der Waals surface area (Å²) in [6.07, 6.45) is 0. The molecule has 1 N–H and O–H groups in total. The van der Waals surface area contributed by atoms with E-state index in [2.05, 4.69) is 14.9 Å². The van der Waals surface area contributed by atoms with E-state index >= 15 is 0 Å². The third-order valence-electron chi connectivity index (χ3n) is 2.51. The van der Waals surface area contributed by atoms with E-state index in [1.165, 1.54) is 6.07 Å². The van der Waals surface area contributed by atoms with Crippen LogP contribution in [0.3, 0.4) is 0 Å². The Morgan fingerprint density at radius 1 is 1.28 bits per heavy atom. The summed E-state index contributed by atoms with van der Waals surface area (Å²) < 4.78 is 32.2. The molecule has 18 heavy (non-hydrogen) atoms. The van der Waals surface area contributed by atoms with Gasteiger partial charge in [0.15, 0.2) is 11.7 Å². The molecule has 0 unspecified atom stereocenters. The number of aryl methyl sites for hydroxylation is 1. The number of sulfonamides is 1. The highest BCUT2D eigenvalue weighted by atomic mass is 32.2. The van der Waals surface area contributed by atoms with Crippen molar-refractivity contribution in [1.29, 1.82) is 0 Å². The summed E-state index contributed by atoms with van der Waals surface area (Å²) in [5, 5.41) is 6.58. The van der Waals surface area contributed by atoms with Crippen molar-refractivity contribution in [2.24, 2.45) is 4.40 Å². The van der Waals surface area contributed by atoms with Gasteiger partial charge in [0.2, 0.25) is 0 Å². The van der Waals surface area contributed by atoms with Gasteiger partial charge in [-0.2, -0.15) is 8.42 Å². The molecule has 0 aliphatic carbocycles. The molecule has 0 amide bonds. The summed E-state index contributed by atoms with van der Waals surface area (Å²) in [5.74, 6) is 1.32. The molecule has 0 atom stereocenters. The van der Waals surface area contributed by atoms with Crippen LogP contribution in [0.2, 0.25) is 0 Å². The van der Waals surface area contributed by atoms with Crippen LogP contribution < -0.4 is 5.32 Å². The molecule has 0 spiro atoms. The molecule has 0 bridgehead atoms. The van der Waals surface area contributed by atoms with Gasteiger partial charge in [0.05, 0.1) is 0 Å². The first kappa shape index (κ1) is 11.0. The van der Waals surface area contributed by atoms with Gasteiger partial charge < -0.3 is 9.84 Å². The minimum atomic E-state index is -3.60. The Kier molecular flexibility index (Phi) is 2.24. The Labute approximate surface area is 103 Å². The van der Waals surface area contributed by atoms with Crippen LogP contribution in [0.4, 0.5) is 5.82 Å². The lowest BCUT2D eigenvalue weighted by Crippen LogP contribution is -2.11. The van der Waals surface area contributed by atoms with Crippen molar-refractivity contribution < 1.29 is 12.9 Å². The number of benzene rings is 1. The van der Waals surface area contributed by atoms with Crippen molar-refractivity contribution in [3.63, 3.8) is 0 Å². The quantitative estimate of drug-likeness (QED) is 0.843. The predicted molar refractivity (Wildman–Crippen MR) is 65.0 cm³/mol. The van der Waals surface area contributed by atoms with Crippen molar-refractivity contribution in [3.05, 3.63) is 41.7 Å². The fourth-order valence-electron chi connectivity index (χ4n) is 1.74. The molecular weight excluding hydrogens is 254 g/mol. The third kappa shape index (κ3) is 1.68. The fraction of sp³-hybridized carbons (Fsp3) is 0.0909. The smallest absolute Gasteiger partial charge is 0.285 e. The van der Waals surface area contributed by atoms with Crippen LogP contribution in [-0.2, 0) is 10.0 Å². The van der Waals surface area contributed by atoms with E-state index in [0.717, 1.165) is 0 Å². The number of anilines is 1. The van der Waals surface area contributed by atoms with Crippen molar-refractivity contribution in [3.8, 4) is 0 Å². The van der Waals surface area contributed by atoms with E-state index in [0.29, 0.717) is 17.1 Å². The zero-order valence-corrected chi connectivity index (χ0v) is 10.2. The summed E-state index contributed by atoms with van der Waals surface area (Å²) >= 11 is 0. The molecule has 1 aliphatic heterocycles. The number of amidine groups is 1. The molecule has 1 aromatic heterocycles. The van der Waals surface area contributed by atoms with Gasteiger partial charge in [-0.1, -0.05) is 17.3 Å². The fourth-order valence-corrected chi connectivity index (χ4v) is 2.92. The van der Waals surface area contributed by atoms with Gasteiger partial charge in [0.25, 0.3) is 10.0 Å². The Hall–Kier alpha value is -2.15. The van der Waals surface area contributed by atoms with Crippen molar-refractivity contribution in [2.75, 3.05) is 5.32 Å². The van der Waals surface area contributed by atoms with Crippen molar-refractivity contribution in [2.45, 2.75) is 11.8 Å². The minimum Gasteiger partial charge on any atom is -0.360 e. The van der Waals surface area contributed by atoms with Crippen molar-refractivity contribution in [1.82, 2.24) is 5.16 Å². The first-order chi connectivity index (χ1) is 8.56. The Balaban J connectivity index is 2.04. The van der Waals surface area contributed by atoms with Gasteiger partial charge in [-0.15, -0.1) is 4.40 Å². The summed E-state index contributed by atoms with van der Waals surface area (Å²) in [7, 11) is -3.60. The van der Waals surface area contributed by atoms with E-state index in [1.54, 1.807) is 31.2 Å². The molecule has 6 nitrogen and oxygen atoms in total. The number of hydrogen-bond donors (Lipinski definition) is 1. The van der Waals surface area contributed by atoms with Crippen LogP contribution in [-0.4, -0.2) is 19.4 Å². The highest BCUT2D eigenvalue weighted by Gasteiger charge is 2.28. The summed E-state index contributed by atoms with van der Waals surface area (Å²) in [6, 6.07) is 8.30. The monoisotopic (exact) mass is 263 g/mol. The van der Waals surface area contributed by atoms with E-state index in [-0.39, 0.29) is 10.7 Å². The van der Waals surface area contributed by atoms with Crippen LogP contribution in [0, 0.1) is 6.92 Å². The lowest BCUT2D eigenvalue weighted by molar-refractivity contribution is 0.400. The first-order valence-electron chi connectivity index (χ1n) is 5.21. The number of hydrogen-bond acceptors (Lipinski definition) is 5. The largest absolute Gasteiger partial charge is 0.360 e. The SMILES string of the molecule is Cc1cc(NC2=NS(=O)(=O)c3ccccc32)no1. The van der Waals surface area contributed by atoms with E-state index in [1.807, 2.05) is 0 Å². The third-order valence-corrected chi connectivity index (χ3v) is 3.84. The summed E-state index contributed by atoms with van der Waals surface area (Å²) in [6.45, 7) is 1.75. The maximum absolute atomic E-state index is 11.8. The molecule has 92 valence electrons. The predicted octanol–water partition coefficient (Wildman–Crippen LogP) is 1.54. The highest BCUT2D eigenvalue weighted by molar-refractivity contribution is 7.90. The van der Waals surface area contributed by atoms with Crippen molar-refractivity contribution >= 4 is 21.7 Å². The summed E-state index contributed by atoms with van der Waals surface area (Å²) in [4.78, 5) is 0.202. The molecule has 0 radical (unpaired) electrons. The molecule has 1 aliphatic rings. The summed E-state index contributed by atoms with van der Waals surface area (Å²) in [5.41, 5.74) is 0.540. The highest BCUT2D eigenvalue weighted by Crippen LogP contribution is 2.26. The van der Waals surface area contributed by atoms with Gasteiger partial charge in [-0.3, -0.25) is 0 Å². The van der Waals surface area contributed by atoms with Gasteiger partial charge in [-0.25, -0.2) is 0 Å². The second kappa shape index (κ2) is 3.67. The molecule has 3 rings (SSSR count). The molecule has 1 aromatic carbocycles. The lowest BCUT2D eigenvalue weighted by atomic mass is 10.2. The Morgan fingerprint density at radius 2 is 2.06 bits per heavy atom. The molecule has 0 fully saturated rings. The van der Waals surface area contributed by atoms with E-state index in [4.69, 9.17) is 4.52 Å². The molecular formula is C11H9N3O3S. The van der Waals surface area contributed by atoms with E-state index in [9.17, 15) is 8.42 Å². The van der Waals surface area contributed by atoms with Crippen LogP contribution in [0.5, 0.6) is 0 Å². The standard InChI is InChI=1S/C11H9N3O3S/c1-7-6-10(13-17-7)12-11-8-4-2-3-5-9(8)18(15,16)14-11/h2-6H,1H3,(H,12,13,14). The Morgan fingerprint density at radius 3 is 2.78 bits per heavy atom. The molecule has 2 heterocycles. The van der Waals surface area contributed by atoms with Gasteiger partial charge in [0.1, 0.15) is 10.7 Å². The molecule has 2 aromatic rings. The van der Waals surface area contributed by atoms with Crippen LogP contribution >= 0.6 is 0 Å². The van der Waals surface area contributed by atoms with Gasteiger partial charge in [-0.05, 0) is 19.1 Å². The number of rotatable bonds is 1. The maximum atomic E-state index is 11.8. The average molecular weight is 263 g/mol. The Bertz CT molecular complexity index is 746. The second-order valence-electron chi connectivity index (χ2n) is 3.86. The van der Waals surface area contributed by atoms with Gasteiger partial charge in [0, 0.05) is 11.6 Å². The molecule has 0 saturated heterocycles. The normalized spacial score (nSPS) is 16.2. The number of aromatic nitrogens is 1. The topological polar surface area (TPSA) is 84.6 Å². The van der Waals surface area contributed by atoms with Crippen LogP contribution in [0.25, 0.3) is 0 Å². The zero-order valence-electron chi connectivity index (χ0n) is 9.41. The second-order valence-corrected chi connectivity index (χ2v) is 5.43. The van der Waals surface area contributed by atoms with Gasteiger partial charge >= 0.3 is 0 Å².